The lowest BCUT2D eigenvalue weighted by Gasteiger charge is -2.15. The molecule has 6 rings (SSSR count). The van der Waals surface area contributed by atoms with Gasteiger partial charge in [-0.3, -0.25) is 4.79 Å². The number of hydrogen-bond donors (Lipinski definition) is 0. The van der Waals surface area contributed by atoms with Gasteiger partial charge in [0.1, 0.15) is 12.2 Å². The van der Waals surface area contributed by atoms with E-state index in [0.29, 0.717) is 62.8 Å². The topological polar surface area (TPSA) is 78.9 Å². The van der Waals surface area contributed by atoms with E-state index in [2.05, 4.69) is 37.0 Å². The number of aromatic nitrogens is 2. The smallest absolute Gasteiger partial charge is 0.282 e. The van der Waals surface area contributed by atoms with Gasteiger partial charge in [0.15, 0.2) is 17.3 Å². The number of nitrogens with zero attached hydrogens (tertiary/aromatic N) is 3. The van der Waals surface area contributed by atoms with Crippen molar-refractivity contribution in [1.29, 1.82) is 0 Å². The van der Waals surface area contributed by atoms with E-state index < -0.39 is 0 Å². The molecule has 7 nitrogen and oxygen atoms in total. The van der Waals surface area contributed by atoms with Crippen molar-refractivity contribution in [1.82, 2.24) is 9.66 Å². The van der Waals surface area contributed by atoms with Crippen molar-refractivity contribution in [2.24, 2.45) is 5.10 Å². The fraction of sp³-hybridized carbons (Fsp3) is 0.0938. The quantitative estimate of drug-likeness (QED) is 0.152. The highest BCUT2D eigenvalue weighted by Crippen LogP contribution is 2.37. The van der Waals surface area contributed by atoms with Crippen molar-refractivity contribution in [3.63, 3.8) is 0 Å². The van der Waals surface area contributed by atoms with Gasteiger partial charge in [-0.05, 0) is 82.5 Å². The van der Waals surface area contributed by atoms with E-state index in [1.807, 2.05) is 79.7 Å². The summed E-state index contributed by atoms with van der Waals surface area (Å²) in [6.45, 7) is 2.76. The molecule has 0 radical (unpaired) electrons. The maximum Gasteiger partial charge on any atom is 0.282 e. The van der Waals surface area contributed by atoms with Crippen LogP contribution in [0.5, 0.6) is 11.5 Å². The summed E-state index contributed by atoms with van der Waals surface area (Å²) in [6, 6.07) is 28.4. The molecule has 0 fully saturated rings. The fourth-order valence-corrected chi connectivity index (χ4v) is 5.39. The summed E-state index contributed by atoms with van der Waals surface area (Å²) in [5, 5.41) is 5.92. The standard InChI is InChI=1S/C32H23Br2N3O4/c1-2-39-28-15-21(14-25(34)30(28)40-19-20-8-4-3-5-9-20)18-35-37-31(36-26-11-7-6-10-24(26)32(37)38)29-17-22-16-23(33)12-13-27(22)41-29/h3-18H,2,19H2,1H3. The van der Waals surface area contributed by atoms with Crippen molar-refractivity contribution in [2.45, 2.75) is 13.5 Å². The highest BCUT2D eigenvalue weighted by molar-refractivity contribution is 9.10. The molecule has 2 aromatic heterocycles. The lowest BCUT2D eigenvalue weighted by molar-refractivity contribution is 0.267. The Morgan fingerprint density at radius 3 is 2.59 bits per heavy atom. The zero-order valence-electron chi connectivity index (χ0n) is 21.9. The molecule has 0 aliphatic heterocycles. The van der Waals surface area contributed by atoms with Gasteiger partial charge < -0.3 is 13.9 Å². The van der Waals surface area contributed by atoms with Gasteiger partial charge in [-0.1, -0.05) is 58.4 Å². The Morgan fingerprint density at radius 2 is 1.76 bits per heavy atom. The molecule has 0 aliphatic rings. The van der Waals surface area contributed by atoms with Crippen LogP contribution in [0, 0.1) is 0 Å². The third-order valence-corrected chi connectivity index (χ3v) is 7.41. The Morgan fingerprint density at radius 1 is 0.951 bits per heavy atom. The predicted octanol–water partition coefficient (Wildman–Crippen LogP) is 8.19. The van der Waals surface area contributed by atoms with Crippen molar-refractivity contribution in [3.8, 4) is 23.1 Å². The molecule has 0 saturated carbocycles. The second kappa shape index (κ2) is 11.7. The molecule has 0 unspecified atom stereocenters. The number of halogens is 2. The average Bonchev–Trinajstić information content (AvgIpc) is 3.40. The largest absolute Gasteiger partial charge is 0.490 e. The van der Waals surface area contributed by atoms with Gasteiger partial charge in [0.05, 0.1) is 28.2 Å². The molecular weight excluding hydrogens is 650 g/mol. The predicted molar refractivity (Wildman–Crippen MR) is 168 cm³/mol. The Labute approximate surface area is 252 Å². The normalized spacial score (nSPS) is 11.5. The van der Waals surface area contributed by atoms with E-state index >= 15 is 0 Å². The molecule has 0 saturated heterocycles. The van der Waals surface area contributed by atoms with Gasteiger partial charge in [0.25, 0.3) is 5.56 Å². The minimum absolute atomic E-state index is 0.296. The van der Waals surface area contributed by atoms with E-state index in [9.17, 15) is 4.79 Å². The summed E-state index contributed by atoms with van der Waals surface area (Å²) >= 11 is 7.12. The summed E-state index contributed by atoms with van der Waals surface area (Å²) in [5.74, 6) is 1.88. The Bertz CT molecular complexity index is 1970. The van der Waals surface area contributed by atoms with Crippen LogP contribution in [0.3, 0.4) is 0 Å². The van der Waals surface area contributed by atoms with Crippen LogP contribution < -0.4 is 15.0 Å². The van der Waals surface area contributed by atoms with Crippen LogP contribution in [0.1, 0.15) is 18.1 Å². The summed E-state index contributed by atoms with van der Waals surface area (Å²) in [4.78, 5) is 18.4. The van der Waals surface area contributed by atoms with Crippen LogP contribution in [-0.4, -0.2) is 22.5 Å². The van der Waals surface area contributed by atoms with Gasteiger partial charge >= 0.3 is 0 Å². The van der Waals surface area contributed by atoms with Crippen molar-refractivity contribution < 1.29 is 13.9 Å². The SMILES string of the molecule is CCOc1cc(C=Nn2c(-c3cc4cc(Br)ccc4o3)nc3ccccc3c2=O)cc(Br)c1OCc1ccccc1. The summed E-state index contributed by atoms with van der Waals surface area (Å²) in [7, 11) is 0. The maximum atomic E-state index is 13.6. The summed E-state index contributed by atoms with van der Waals surface area (Å²) in [5.41, 5.74) is 2.67. The molecule has 41 heavy (non-hydrogen) atoms. The number of para-hydroxylation sites is 1. The fourth-order valence-electron chi connectivity index (χ4n) is 4.43. The Kier molecular flexibility index (Phi) is 7.71. The van der Waals surface area contributed by atoms with Crippen LogP contribution in [0.15, 0.2) is 114 Å². The van der Waals surface area contributed by atoms with Crippen LogP contribution in [0.2, 0.25) is 0 Å². The van der Waals surface area contributed by atoms with E-state index in [1.165, 1.54) is 4.68 Å². The van der Waals surface area contributed by atoms with Gasteiger partial charge in [-0.15, -0.1) is 0 Å². The number of rotatable bonds is 8. The van der Waals surface area contributed by atoms with Crippen molar-refractivity contribution >= 4 is 59.9 Å². The van der Waals surface area contributed by atoms with Gasteiger partial charge in [-0.25, -0.2) is 4.98 Å². The molecule has 2 heterocycles. The van der Waals surface area contributed by atoms with Gasteiger partial charge in [-0.2, -0.15) is 9.78 Å². The van der Waals surface area contributed by atoms with Crippen LogP contribution in [0.25, 0.3) is 33.5 Å². The zero-order chi connectivity index (χ0) is 28.3. The molecule has 4 aromatic carbocycles. The van der Waals surface area contributed by atoms with E-state index in [-0.39, 0.29) is 5.56 Å². The molecule has 0 spiro atoms. The minimum Gasteiger partial charge on any atom is -0.490 e. The molecule has 0 N–H and O–H groups in total. The molecule has 6 aromatic rings. The molecule has 9 heteroatoms. The number of fused-ring (bicyclic) bond motifs is 2. The molecule has 0 atom stereocenters. The highest BCUT2D eigenvalue weighted by atomic mass is 79.9. The van der Waals surface area contributed by atoms with E-state index in [0.717, 1.165) is 15.4 Å². The van der Waals surface area contributed by atoms with E-state index in [4.69, 9.17) is 18.9 Å². The summed E-state index contributed by atoms with van der Waals surface area (Å²) in [6.07, 6.45) is 1.59. The lowest BCUT2D eigenvalue weighted by Crippen LogP contribution is -2.20. The van der Waals surface area contributed by atoms with Gasteiger partial charge in [0, 0.05) is 9.86 Å². The number of furan rings is 1. The third kappa shape index (κ3) is 5.68. The highest BCUT2D eigenvalue weighted by Gasteiger charge is 2.17. The first kappa shape index (κ1) is 27.0. The molecular formula is C32H23Br2N3O4. The lowest BCUT2D eigenvalue weighted by atomic mass is 10.2. The molecule has 204 valence electrons. The van der Waals surface area contributed by atoms with Crippen molar-refractivity contribution in [3.05, 3.63) is 121 Å². The van der Waals surface area contributed by atoms with Gasteiger partial charge in [0.2, 0.25) is 5.82 Å². The van der Waals surface area contributed by atoms with Crippen molar-refractivity contribution in [2.75, 3.05) is 6.61 Å². The Hall–Kier alpha value is -4.21. The number of hydrogen-bond acceptors (Lipinski definition) is 6. The van der Waals surface area contributed by atoms with E-state index in [1.54, 1.807) is 24.4 Å². The molecule has 0 aliphatic carbocycles. The molecule has 0 amide bonds. The monoisotopic (exact) mass is 671 g/mol. The van der Waals surface area contributed by atoms with Crippen LogP contribution >= 0.6 is 31.9 Å². The second-order valence-corrected chi connectivity index (χ2v) is 10.9. The van der Waals surface area contributed by atoms with Crippen LogP contribution in [-0.2, 0) is 6.61 Å². The first-order chi connectivity index (χ1) is 20.0. The third-order valence-electron chi connectivity index (χ3n) is 6.33. The second-order valence-electron chi connectivity index (χ2n) is 9.14. The maximum absolute atomic E-state index is 13.6. The summed E-state index contributed by atoms with van der Waals surface area (Å²) < 4.78 is 21.0. The first-order valence-electron chi connectivity index (χ1n) is 12.9. The van der Waals surface area contributed by atoms with Crippen LogP contribution in [0.4, 0.5) is 0 Å². The first-order valence-corrected chi connectivity index (χ1v) is 14.5. The number of ether oxygens (including phenoxy) is 2. The zero-order valence-corrected chi connectivity index (χ0v) is 25.1. The number of benzene rings is 4. The minimum atomic E-state index is -0.310. The average molecular weight is 673 g/mol. The molecule has 0 bridgehead atoms. The Balaban J connectivity index is 1.41.